The average molecular weight is 296 g/mol. The highest BCUT2D eigenvalue weighted by molar-refractivity contribution is 6.01. The van der Waals surface area contributed by atoms with Gasteiger partial charge in [0.1, 0.15) is 11.6 Å². The molecule has 2 atom stereocenters. The Hall–Kier alpha value is -2.36. The monoisotopic (exact) mass is 296 g/mol. The van der Waals surface area contributed by atoms with Gasteiger partial charge in [-0.25, -0.2) is 4.39 Å². The lowest BCUT2D eigenvalue weighted by atomic mass is 9.96. The summed E-state index contributed by atoms with van der Waals surface area (Å²) in [5.41, 5.74) is 3.14. The van der Waals surface area contributed by atoms with Crippen LogP contribution in [0.5, 0.6) is 5.75 Å². The van der Waals surface area contributed by atoms with E-state index >= 15 is 0 Å². The zero-order chi connectivity index (χ0) is 15.1. The Morgan fingerprint density at radius 2 is 1.95 bits per heavy atom. The molecule has 112 valence electrons. The third kappa shape index (κ3) is 2.06. The Balaban J connectivity index is 1.72. The first-order valence-electron chi connectivity index (χ1n) is 7.63. The molecule has 0 aliphatic carbocycles. The molecule has 0 radical (unpaired) electrons. The van der Waals surface area contributed by atoms with Crippen molar-refractivity contribution in [1.29, 1.82) is 0 Å². The van der Waals surface area contributed by atoms with Crippen molar-refractivity contribution in [2.24, 2.45) is 5.10 Å². The molecule has 4 heteroatoms. The molecule has 0 saturated heterocycles. The molecule has 3 nitrogen and oxygen atoms in total. The number of hydrogen-bond donors (Lipinski definition) is 0. The number of fused-ring (bicyclic) bond motifs is 3. The lowest BCUT2D eigenvalue weighted by Crippen LogP contribution is -2.39. The molecule has 0 saturated carbocycles. The van der Waals surface area contributed by atoms with E-state index in [1.54, 1.807) is 12.1 Å². The van der Waals surface area contributed by atoms with Gasteiger partial charge in [-0.3, -0.25) is 5.01 Å². The Labute approximate surface area is 129 Å². The van der Waals surface area contributed by atoms with Crippen LogP contribution in [0.3, 0.4) is 0 Å². The fourth-order valence-corrected chi connectivity index (χ4v) is 3.20. The fraction of sp³-hybridized carbons (Fsp3) is 0.278. The van der Waals surface area contributed by atoms with E-state index in [2.05, 4.69) is 18.0 Å². The Morgan fingerprint density at radius 1 is 1.18 bits per heavy atom. The summed E-state index contributed by atoms with van der Waals surface area (Å²) in [5.74, 6) is 0.728. The molecular formula is C18H17FN2O. The summed E-state index contributed by atoms with van der Waals surface area (Å²) in [4.78, 5) is 0. The van der Waals surface area contributed by atoms with Crippen molar-refractivity contribution in [3.05, 3.63) is 65.5 Å². The molecule has 0 fully saturated rings. The van der Waals surface area contributed by atoms with Crippen molar-refractivity contribution in [2.45, 2.75) is 32.0 Å². The van der Waals surface area contributed by atoms with E-state index in [4.69, 9.17) is 9.84 Å². The summed E-state index contributed by atoms with van der Waals surface area (Å²) in [6, 6.07) is 14.9. The zero-order valence-electron chi connectivity index (χ0n) is 12.4. The van der Waals surface area contributed by atoms with E-state index in [0.29, 0.717) is 0 Å². The lowest BCUT2D eigenvalue weighted by Gasteiger charge is -2.37. The summed E-state index contributed by atoms with van der Waals surface area (Å²) in [6.07, 6.45) is 1.64. The van der Waals surface area contributed by atoms with E-state index < -0.39 is 0 Å². The van der Waals surface area contributed by atoms with Gasteiger partial charge in [-0.15, -0.1) is 0 Å². The number of rotatable bonds is 2. The van der Waals surface area contributed by atoms with Crippen molar-refractivity contribution in [2.75, 3.05) is 0 Å². The summed E-state index contributed by atoms with van der Waals surface area (Å²) in [6.45, 7) is 2.10. The zero-order valence-corrected chi connectivity index (χ0v) is 12.4. The molecule has 2 aliphatic heterocycles. The van der Waals surface area contributed by atoms with Crippen molar-refractivity contribution in [3.63, 3.8) is 0 Å². The maximum absolute atomic E-state index is 13.1. The number of ether oxygens (including phenoxy) is 1. The first kappa shape index (κ1) is 13.3. The van der Waals surface area contributed by atoms with Gasteiger partial charge in [0.05, 0.1) is 11.8 Å². The third-order valence-electron chi connectivity index (χ3n) is 4.30. The normalized spacial score (nSPS) is 22.6. The minimum Gasteiger partial charge on any atom is -0.469 e. The number of hydrogen-bond acceptors (Lipinski definition) is 3. The molecule has 0 N–H and O–H groups in total. The third-order valence-corrected chi connectivity index (χ3v) is 4.30. The van der Waals surface area contributed by atoms with Crippen molar-refractivity contribution < 1.29 is 9.13 Å². The number of benzene rings is 2. The highest BCUT2D eigenvalue weighted by atomic mass is 19.1. The van der Waals surface area contributed by atoms with Crippen molar-refractivity contribution in [1.82, 2.24) is 5.01 Å². The van der Waals surface area contributed by atoms with Crippen LogP contribution in [0.15, 0.2) is 53.6 Å². The molecule has 0 bridgehead atoms. The van der Waals surface area contributed by atoms with Crippen LogP contribution in [0.1, 0.15) is 36.9 Å². The van der Waals surface area contributed by atoms with Gasteiger partial charge in [0, 0.05) is 18.4 Å². The maximum atomic E-state index is 13.1. The van der Waals surface area contributed by atoms with Crippen LogP contribution in [0, 0.1) is 5.82 Å². The Bertz CT molecular complexity index is 726. The second kappa shape index (κ2) is 5.13. The second-order valence-electron chi connectivity index (χ2n) is 5.67. The van der Waals surface area contributed by atoms with Crippen molar-refractivity contribution in [3.8, 4) is 5.75 Å². The number of para-hydroxylation sites is 1. The Morgan fingerprint density at radius 3 is 2.73 bits per heavy atom. The van der Waals surface area contributed by atoms with E-state index in [9.17, 15) is 4.39 Å². The molecule has 0 aromatic heterocycles. The molecule has 0 unspecified atom stereocenters. The quantitative estimate of drug-likeness (QED) is 0.833. The van der Waals surface area contributed by atoms with Crippen molar-refractivity contribution >= 4 is 5.71 Å². The van der Waals surface area contributed by atoms with Crippen LogP contribution in [0.25, 0.3) is 0 Å². The second-order valence-corrected chi connectivity index (χ2v) is 5.67. The van der Waals surface area contributed by atoms with E-state index in [1.807, 2.05) is 18.2 Å². The van der Waals surface area contributed by atoms with Gasteiger partial charge in [-0.2, -0.15) is 5.10 Å². The lowest BCUT2D eigenvalue weighted by molar-refractivity contribution is -0.0188. The van der Waals surface area contributed by atoms with Crippen LogP contribution in [0.4, 0.5) is 4.39 Å². The van der Waals surface area contributed by atoms with E-state index in [-0.39, 0.29) is 18.1 Å². The first-order valence-corrected chi connectivity index (χ1v) is 7.63. The molecule has 22 heavy (non-hydrogen) atoms. The molecule has 2 heterocycles. The van der Waals surface area contributed by atoms with Gasteiger partial charge >= 0.3 is 0 Å². The van der Waals surface area contributed by atoms with Crippen LogP contribution in [-0.2, 0) is 0 Å². The predicted octanol–water partition coefficient (Wildman–Crippen LogP) is 4.11. The Kier molecular flexibility index (Phi) is 3.10. The first-order chi connectivity index (χ1) is 10.8. The fourth-order valence-electron chi connectivity index (χ4n) is 3.20. The minimum absolute atomic E-state index is 0.0437. The van der Waals surface area contributed by atoms with Crippen LogP contribution < -0.4 is 4.74 Å². The topological polar surface area (TPSA) is 24.8 Å². The van der Waals surface area contributed by atoms with Gasteiger partial charge in [-0.05, 0) is 23.8 Å². The molecule has 0 spiro atoms. The SMILES string of the molecule is CC[C@H]1Oc2ccccc2[C@H]2CC(c3ccc(F)cc3)=NN21. The predicted molar refractivity (Wildman–Crippen MR) is 83.3 cm³/mol. The smallest absolute Gasteiger partial charge is 0.187 e. The van der Waals surface area contributed by atoms with Gasteiger partial charge in [-0.1, -0.05) is 37.3 Å². The molecule has 0 amide bonds. The van der Waals surface area contributed by atoms with E-state index in [0.717, 1.165) is 29.9 Å². The van der Waals surface area contributed by atoms with Gasteiger partial charge in [0.2, 0.25) is 0 Å². The number of nitrogens with zero attached hydrogens (tertiary/aromatic N) is 2. The summed E-state index contributed by atoms with van der Waals surface area (Å²) in [7, 11) is 0. The van der Waals surface area contributed by atoms with Crippen LogP contribution in [0.2, 0.25) is 0 Å². The summed E-state index contributed by atoms with van der Waals surface area (Å²) < 4.78 is 19.2. The summed E-state index contributed by atoms with van der Waals surface area (Å²) >= 11 is 0. The summed E-state index contributed by atoms with van der Waals surface area (Å²) in [5, 5.41) is 6.82. The van der Waals surface area contributed by atoms with Gasteiger partial charge in [0.15, 0.2) is 6.23 Å². The number of halogens is 1. The minimum atomic E-state index is -0.222. The van der Waals surface area contributed by atoms with Crippen LogP contribution >= 0.6 is 0 Å². The van der Waals surface area contributed by atoms with Crippen LogP contribution in [-0.4, -0.2) is 16.9 Å². The average Bonchev–Trinajstić information content (AvgIpc) is 3.00. The highest BCUT2D eigenvalue weighted by Gasteiger charge is 2.39. The molecule has 2 aromatic carbocycles. The van der Waals surface area contributed by atoms with E-state index in [1.165, 1.54) is 17.7 Å². The highest BCUT2D eigenvalue weighted by Crippen LogP contribution is 2.43. The standard InChI is InChI=1S/C18H17FN2O/c1-2-18-21-16(14-5-3-4-6-17(14)22-18)11-15(20-21)12-7-9-13(19)10-8-12/h3-10,16,18H,2,11H2,1H3/t16-,18-/m1/s1. The largest absolute Gasteiger partial charge is 0.469 e. The van der Waals surface area contributed by atoms with Gasteiger partial charge in [0.25, 0.3) is 0 Å². The maximum Gasteiger partial charge on any atom is 0.187 e. The molecule has 4 rings (SSSR count). The number of hydrazone groups is 1. The van der Waals surface area contributed by atoms with Gasteiger partial charge < -0.3 is 4.74 Å². The molecule has 2 aliphatic rings. The molecule has 2 aromatic rings. The molecular weight excluding hydrogens is 279 g/mol.